The molecule has 2 unspecified atom stereocenters. The number of nitrogens with zero attached hydrogens (tertiary/aromatic N) is 1. The normalized spacial score (nSPS) is 17.8. The summed E-state index contributed by atoms with van der Waals surface area (Å²) < 4.78 is 33.8. The van der Waals surface area contributed by atoms with Crippen LogP contribution < -0.4 is 10.2 Å². The molecule has 1 heterocycles. The van der Waals surface area contributed by atoms with Crippen molar-refractivity contribution in [3.05, 3.63) is 113 Å². The Morgan fingerprint density at radius 1 is 0.925 bits per heavy atom. The molecule has 4 aromatic carbocycles. The fourth-order valence-electron chi connectivity index (χ4n) is 5.31. The third-order valence-corrected chi connectivity index (χ3v) is 9.20. The first-order chi connectivity index (χ1) is 19.4. The van der Waals surface area contributed by atoms with Crippen molar-refractivity contribution in [2.24, 2.45) is 5.50 Å². The zero-order chi connectivity index (χ0) is 28.2. The maximum Gasteiger partial charge on any atom is 0.340 e. The number of ether oxygens (including phenoxy) is 2. The molecule has 5 rings (SSSR count). The number of hydrogen-bond donors (Lipinski definition) is 1. The second-order valence-electron chi connectivity index (χ2n) is 9.76. The Morgan fingerprint density at radius 2 is 1.55 bits per heavy atom. The van der Waals surface area contributed by atoms with Crippen LogP contribution in [0.1, 0.15) is 28.7 Å². The standard InChI is InChI=1S/C31H33Cl2N2O4P/c1-23-12-14-27-24(22-23)13-15-28-30(27)31(25-8-4-2-5-9-25,26-10-6-3-7-11-26)39-29(38-28)16-21-37-40(34,36)35(19-17-32)20-18-33/h2-15,22,29H,16-21H2,1H3,(H2,34,36). The highest BCUT2D eigenvalue weighted by molar-refractivity contribution is 7.53. The van der Waals surface area contributed by atoms with E-state index in [1.54, 1.807) is 0 Å². The smallest absolute Gasteiger partial charge is 0.340 e. The van der Waals surface area contributed by atoms with Gasteiger partial charge in [0.25, 0.3) is 0 Å². The molecule has 6 nitrogen and oxygen atoms in total. The SMILES string of the molecule is Cc1ccc2c3c(ccc2c1)OC(CCOP(N)(=O)N(CCCl)CCCl)OC3(c1ccccc1)c1ccccc1. The Balaban J connectivity index is 1.57. The van der Waals surface area contributed by atoms with Crippen molar-refractivity contribution in [3.8, 4) is 5.75 Å². The maximum absolute atomic E-state index is 13.2. The fraction of sp³-hybridized carbons (Fsp3) is 0.290. The van der Waals surface area contributed by atoms with Gasteiger partial charge in [-0.2, -0.15) is 0 Å². The Kier molecular flexibility index (Phi) is 9.18. The van der Waals surface area contributed by atoms with E-state index in [1.165, 1.54) is 10.2 Å². The predicted octanol–water partition coefficient (Wildman–Crippen LogP) is 7.43. The Hall–Kier alpha value is -2.41. The number of fused-ring (bicyclic) bond motifs is 3. The van der Waals surface area contributed by atoms with Crippen LogP contribution in [0.4, 0.5) is 0 Å². The van der Waals surface area contributed by atoms with E-state index in [2.05, 4.69) is 55.5 Å². The number of alkyl halides is 2. The van der Waals surface area contributed by atoms with Crippen molar-refractivity contribution in [1.29, 1.82) is 0 Å². The maximum atomic E-state index is 13.2. The molecule has 9 heteroatoms. The summed E-state index contributed by atoms with van der Waals surface area (Å²) in [5, 5.41) is 2.15. The minimum atomic E-state index is -3.60. The van der Waals surface area contributed by atoms with Gasteiger partial charge in [0.05, 0.1) is 6.61 Å². The van der Waals surface area contributed by atoms with Crippen LogP contribution in [-0.4, -0.2) is 42.4 Å². The molecule has 0 fully saturated rings. The largest absolute Gasteiger partial charge is 0.464 e. The van der Waals surface area contributed by atoms with Crippen LogP contribution in [0.25, 0.3) is 10.8 Å². The molecule has 0 saturated heterocycles. The first-order valence-corrected chi connectivity index (χ1v) is 16.0. The molecule has 0 amide bonds. The van der Waals surface area contributed by atoms with E-state index in [0.717, 1.165) is 33.2 Å². The number of aryl methyl sites for hydroxylation is 1. The highest BCUT2D eigenvalue weighted by Crippen LogP contribution is 2.51. The van der Waals surface area contributed by atoms with Gasteiger partial charge in [0, 0.05) is 36.8 Å². The van der Waals surface area contributed by atoms with Gasteiger partial charge >= 0.3 is 7.67 Å². The van der Waals surface area contributed by atoms with Gasteiger partial charge in [0.2, 0.25) is 6.29 Å². The average Bonchev–Trinajstić information content (AvgIpc) is 2.97. The van der Waals surface area contributed by atoms with Crippen LogP contribution in [0.15, 0.2) is 91.0 Å². The first kappa shape index (κ1) is 29.1. The van der Waals surface area contributed by atoms with E-state index in [4.69, 9.17) is 42.7 Å². The van der Waals surface area contributed by atoms with E-state index in [0.29, 0.717) is 19.5 Å². The Labute approximate surface area is 245 Å². The highest BCUT2D eigenvalue weighted by atomic mass is 35.5. The molecule has 0 aromatic heterocycles. The third kappa shape index (κ3) is 5.81. The van der Waals surface area contributed by atoms with Gasteiger partial charge in [-0.15, -0.1) is 23.2 Å². The average molecular weight is 599 g/mol. The lowest BCUT2D eigenvalue weighted by Gasteiger charge is -2.44. The molecule has 1 aliphatic rings. The summed E-state index contributed by atoms with van der Waals surface area (Å²) >= 11 is 11.8. The van der Waals surface area contributed by atoms with Gasteiger partial charge in [0.15, 0.2) is 5.60 Å². The molecule has 2 atom stereocenters. The van der Waals surface area contributed by atoms with E-state index < -0.39 is 19.6 Å². The Morgan fingerprint density at radius 3 is 2.15 bits per heavy atom. The molecule has 0 radical (unpaired) electrons. The summed E-state index contributed by atoms with van der Waals surface area (Å²) in [6, 6.07) is 30.8. The molecule has 4 aromatic rings. The van der Waals surface area contributed by atoms with Gasteiger partial charge in [-0.05, 0) is 34.9 Å². The molecule has 0 saturated carbocycles. The number of benzene rings is 4. The van der Waals surface area contributed by atoms with Crippen LogP contribution in [0.5, 0.6) is 5.75 Å². The monoisotopic (exact) mass is 598 g/mol. The van der Waals surface area contributed by atoms with Crippen molar-refractivity contribution in [3.63, 3.8) is 0 Å². The van der Waals surface area contributed by atoms with Crippen LogP contribution in [0.3, 0.4) is 0 Å². The van der Waals surface area contributed by atoms with Gasteiger partial charge in [0.1, 0.15) is 5.75 Å². The highest BCUT2D eigenvalue weighted by Gasteiger charge is 2.47. The van der Waals surface area contributed by atoms with Crippen molar-refractivity contribution in [2.75, 3.05) is 31.5 Å². The van der Waals surface area contributed by atoms with Crippen molar-refractivity contribution in [1.82, 2.24) is 4.67 Å². The lowest BCUT2D eigenvalue weighted by molar-refractivity contribution is -0.167. The molecule has 0 aliphatic carbocycles. The minimum Gasteiger partial charge on any atom is -0.464 e. The van der Waals surface area contributed by atoms with Crippen molar-refractivity contribution >= 4 is 41.6 Å². The summed E-state index contributed by atoms with van der Waals surface area (Å²) in [6.07, 6.45) is -0.408. The minimum absolute atomic E-state index is 0.0568. The zero-order valence-corrected chi connectivity index (χ0v) is 24.7. The van der Waals surface area contributed by atoms with Gasteiger partial charge in [-0.3, -0.25) is 4.57 Å². The molecule has 0 spiro atoms. The predicted molar refractivity (Wildman–Crippen MR) is 162 cm³/mol. The lowest BCUT2D eigenvalue weighted by atomic mass is 9.77. The lowest BCUT2D eigenvalue weighted by Crippen LogP contribution is -2.44. The Bertz CT molecular complexity index is 1440. The molecule has 40 heavy (non-hydrogen) atoms. The van der Waals surface area contributed by atoms with Crippen LogP contribution in [0, 0.1) is 6.92 Å². The van der Waals surface area contributed by atoms with E-state index in [1.807, 2.05) is 42.5 Å². The second kappa shape index (κ2) is 12.6. The zero-order valence-electron chi connectivity index (χ0n) is 22.3. The van der Waals surface area contributed by atoms with Crippen LogP contribution in [0.2, 0.25) is 0 Å². The number of hydrogen-bond acceptors (Lipinski definition) is 4. The molecule has 2 N–H and O–H groups in total. The van der Waals surface area contributed by atoms with E-state index in [9.17, 15) is 4.57 Å². The molecular weight excluding hydrogens is 566 g/mol. The van der Waals surface area contributed by atoms with Gasteiger partial charge < -0.3 is 14.0 Å². The third-order valence-electron chi connectivity index (χ3n) is 7.13. The topological polar surface area (TPSA) is 74.0 Å². The number of nitrogens with two attached hydrogens (primary N) is 1. The van der Waals surface area contributed by atoms with E-state index in [-0.39, 0.29) is 18.4 Å². The molecular formula is C31H33Cl2N2O4P. The summed E-state index contributed by atoms with van der Waals surface area (Å²) in [6.45, 7) is 2.76. The molecule has 0 bridgehead atoms. The summed E-state index contributed by atoms with van der Waals surface area (Å²) in [5.74, 6) is 1.25. The van der Waals surface area contributed by atoms with Crippen molar-refractivity contribution in [2.45, 2.75) is 25.2 Å². The van der Waals surface area contributed by atoms with E-state index >= 15 is 0 Å². The summed E-state index contributed by atoms with van der Waals surface area (Å²) in [7, 11) is -3.60. The van der Waals surface area contributed by atoms with Crippen LogP contribution >= 0.6 is 30.9 Å². The molecule has 1 aliphatic heterocycles. The number of halogens is 2. The van der Waals surface area contributed by atoms with Crippen molar-refractivity contribution < 1.29 is 18.6 Å². The number of rotatable bonds is 11. The van der Waals surface area contributed by atoms with Gasteiger partial charge in [-0.25, -0.2) is 10.2 Å². The summed E-state index contributed by atoms with van der Waals surface area (Å²) in [5.41, 5.74) is 9.20. The van der Waals surface area contributed by atoms with Crippen LogP contribution in [-0.2, 0) is 19.4 Å². The second-order valence-corrected chi connectivity index (χ2v) is 12.5. The molecule has 210 valence electrons. The fourth-order valence-corrected chi connectivity index (χ4v) is 7.25. The first-order valence-electron chi connectivity index (χ1n) is 13.3. The summed E-state index contributed by atoms with van der Waals surface area (Å²) in [4.78, 5) is 0. The quantitative estimate of drug-likeness (QED) is 0.143. The van der Waals surface area contributed by atoms with Gasteiger partial charge in [-0.1, -0.05) is 90.5 Å².